The van der Waals surface area contributed by atoms with Crippen molar-refractivity contribution in [2.45, 2.75) is 81.3 Å². The van der Waals surface area contributed by atoms with Gasteiger partial charge in [-0.15, -0.1) is 10.2 Å². The van der Waals surface area contributed by atoms with Crippen LogP contribution < -0.4 is 0 Å². The van der Waals surface area contributed by atoms with E-state index in [9.17, 15) is 8.42 Å². The van der Waals surface area contributed by atoms with Crippen LogP contribution >= 0.6 is 11.6 Å². The Morgan fingerprint density at radius 1 is 1.29 bits per heavy atom. The highest BCUT2D eigenvalue weighted by Crippen LogP contribution is 2.46. The molecule has 0 aromatic carbocycles. The summed E-state index contributed by atoms with van der Waals surface area (Å²) in [5, 5.41) is 8.15. The molecule has 31 heavy (non-hydrogen) atoms. The quantitative estimate of drug-likeness (QED) is 0.579. The summed E-state index contributed by atoms with van der Waals surface area (Å²) in [6.07, 6.45) is 5.77. The second-order valence-corrected chi connectivity index (χ2v) is 11.5. The van der Waals surface area contributed by atoms with Gasteiger partial charge in [-0.1, -0.05) is 11.6 Å². The van der Waals surface area contributed by atoms with Gasteiger partial charge in [0.05, 0.1) is 16.4 Å². The fourth-order valence-electron chi connectivity index (χ4n) is 4.09. The van der Waals surface area contributed by atoms with Crippen LogP contribution in [0.15, 0.2) is 12.4 Å². The molecule has 9 nitrogen and oxygen atoms in total. The third-order valence-corrected chi connectivity index (χ3v) is 8.50. The van der Waals surface area contributed by atoms with Gasteiger partial charge >= 0.3 is 0 Å². The van der Waals surface area contributed by atoms with Gasteiger partial charge in [0.25, 0.3) is 0 Å². The lowest BCUT2D eigenvalue weighted by Gasteiger charge is -2.23. The number of hydrogen-bond acceptors (Lipinski definition) is 8. The third kappa shape index (κ3) is 4.48. The molecule has 0 N–H and O–H groups in total. The fraction of sp³-hybridized carbons (Fsp3) is 0.700. The predicted octanol–water partition coefficient (Wildman–Crippen LogP) is 3.16. The molecule has 3 heterocycles. The normalized spacial score (nSPS) is 24.8. The van der Waals surface area contributed by atoms with Crippen LogP contribution in [0.1, 0.15) is 76.1 Å². The molecular formula is C20H28ClN5O4S. The van der Waals surface area contributed by atoms with Crippen LogP contribution in [0.4, 0.5) is 0 Å². The molecule has 1 aliphatic heterocycles. The van der Waals surface area contributed by atoms with Gasteiger partial charge in [0.1, 0.15) is 23.8 Å². The first-order valence-electron chi connectivity index (χ1n) is 10.5. The first kappa shape index (κ1) is 22.6. The van der Waals surface area contributed by atoms with Crippen LogP contribution in [0.2, 0.25) is 5.02 Å². The molecule has 0 spiro atoms. The largest absolute Gasteiger partial charge is 0.372 e. The fourth-order valence-corrected chi connectivity index (χ4v) is 5.61. The van der Waals surface area contributed by atoms with Crippen LogP contribution in [0, 0.1) is 0 Å². The van der Waals surface area contributed by atoms with Crippen molar-refractivity contribution in [2.75, 3.05) is 7.11 Å². The second-order valence-electron chi connectivity index (χ2n) is 8.75. The summed E-state index contributed by atoms with van der Waals surface area (Å²) in [7, 11) is -2.22. The molecule has 0 bridgehead atoms. The molecule has 2 aromatic rings. The maximum atomic E-state index is 13.3. The molecule has 0 amide bonds. The van der Waals surface area contributed by atoms with E-state index in [4.69, 9.17) is 21.1 Å². The van der Waals surface area contributed by atoms with Crippen molar-refractivity contribution < 1.29 is 17.9 Å². The summed E-state index contributed by atoms with van der Waals surface area (Å²) in [6, 6.07) is 0. The lowest BCUT2D eigenvalue weighted by molar-refractivity contribution is 0.0466. The Hall–Kier alpha value is -1.62. The van der Waals surface area contributed by atoms with E-state index in [0.717, 1.165) is 31.5 Å². The molecule has 11 heteroatoms. The molecule has 0 radical (unpaired) electrons. The number of methoxy groups -OCH3 is 1. The predicted molar refractivity (Wildman–Crippen MR) is 114 cm³/mol. The summed E-state index contributed by atoms with van der Waals surface area (Å²) in [5.74, 6) is 1.20. The summed E-state index contributed by atoms with van der Waals surface area (Å²) in [6.45, 7) is 5.75. The monoisotopic (exact) mass is 469 g/mol. The SMILES string of the molecule is CO[C@H](c1ncc(Cl)cn1)[C@H](C)S(=O)(=O)Cc1nnc([C@H]2CC[C@@H](C)O2)n1C1(C)CC1. The topological polar surface area (TPSA) is 109 Å². The van der Waals surface area contributed by atoms with Gasteiger partial charge in [-0.3, -0.25) is 0 Å². The third-order valence-electron chi connectivity index (χ3n) is 6.26. The zero-order valence-corrected chi connectivity index (χ0v) is 19.7. The van der Waals surface area contributed by atoms with Crippen LogP contribution in [0.3, 0.4) is 0 Å². The molecule has 4 rings (SSSR count). The van der Waals surface area contributed by atoms with Crippen LogP contribution in [0.25, 0.3) is 0 Å². The maximum Gasteiger partial charge on any atom is 0.163 e. The summed E-state index contributed by atoms with van der Waals surface area (Å²) < 4.78 is 40.2. The highest BCUT2D eigenvalue weighted by atomic mass is 35.5. The Morgan fingerprint density at radius 2 is 1.97 bits per heavy atom. The van der Waals surface area contributed by atoms with Gasteiger partial charge in [-0.2, -0.15) is 0 Å². The van der Waals surface area contributed by atoms with Crippen molar-refractivity contribution in [3.05, 3.63) is 34.9 Å². The van der Waals surface area contributed by atoms with Gasteiger partial charge in [0.2, 0.25) is 0 Å². The summed E-state index contributed by atoms with van der Waals surface area (Å²) in [5.41, 5.74) is -0.165. The van der Waals surface area contributed by atoms with Crippen molar-refractivity contribution in [2.24, 2.45) is 0 Å². The number of hydrogen-bond donors (Lipinski definition) is 0. The van der Waals surface area contributed by atoms with Crippen molar-refractivity contribution >= 4 is 21.4 Å². The summed E-state index contributed by atoms with van der Waals surface area (Å²) >= 11 is 5.86. The number of nitrogens with zero attached hydrogens (tertiary/aromatic N) is 5. The second kappa shape index (κ2) is 8.38. The molecular weight excluding hydrogens is 442 g/mol. The van der Waals surface area contributed by atoms with Crippen molar-refractivity contribution in [1.29, 1.82) is 0 Å². The van der Waals surface area contributed by atoms with E-state index in [-0.39, 0.29) is 29.3 Å². The first-order valence-corrected chi connectivity index (χ1v) is 12.6. The van der Waals surface area contributed by atoms with Crippen LogP contribution in [0.5, 0.6) is 0 Å². The highest BCUT2D eigenvalue weighted by molar-refractivity contribution is 7.91. The van der Waals surface area contributed by atoms with E-state index in [1.807, 2.05) is 11.5 Å². The lowest BCUT2D eigenvalue weighted by Crippen LogP contribution is -2.31. The standard InChI is InChI=1S/C20H28ClN5O4S/c1-12-5-6-15(30-12)19-25-24-16(26(19)20(3)7-8-20)11-31(27,28)13(2)17(29-4)18-22-9-14(21)10-23-18/h9-10,12-13,15,17H,5-8,11H2,1-4H3/t12-,13+,15-,17+/m1/s1. The Morgan fingerprint density at radius 3 is 2.52 bits per heavy atom. The molecule has 2 aromatic heterocycles. The van der Waals surface area contributed by atoms with Gasteiger partial charge in [-0.25, -0.2) is 18.4 Å². The molecule has 0 unspecified atom stereocenters. The minimum absolute atomic E-state index is 0.150. The Labute approximate surface area is 187 Å². The molecule has 1 saturated carbocycles. The highest BCUT2D eigenvalue weighted by Gasteiger charge is 2.46. The van der Waals surface area contributed by atoms with Crippen molar-refractivity contribution in [3.63, 3.8) is 0 Å². The number of rotatable bonds is 8. The number of aromatic nitrogens is 5. The van der Waals surface area contributed by atoms with E-state index < -0.39 is 21.2 Å². The van der Waals surface area contributed by atoms with Crippen molar-refractivity contribution in [3.8, 4) is 0 Å². The van der Waals surface area contributed by atoms with Gasteiger partial charge in [-0.05, 0) is 46.5 Å². The molecule has 2 aliphatic rings. The zero-order valence-electron chi connectivity index (χ0n) is 18.2. The number of ether oxygens (including phenoxy) is 2. The van der Waals surface area contributed by atoms with Crippen LogP contribution in [-0.4, -0.2) is 51.6 Å². The van der Waals surface area contributed by atoms with E-state index in [2.05, 4.69) is 27.1 Å². The lowest BCUT2D eigenvalue weighted by atomic mass is 10.2. The Bertz CT molecular complexity index is 1040. The molecule has 1 saturated heterocycles. The van der Waals surface area contributed by atoms with Gasteiger partial charge in [0.15, 0.2) is 21.5 Å². The number of sulfone groups is 1. The van der Waals surface area contributed by atoms with Crippen molar-refractivity contribution in [1.82, 2.24) is 24.7 Å². The minimum Gasteiger partial charge on any atom is -0.372 e. The average Bonchev–Trinajstić information content (AvgIpc) is 3.11. The van der Waals surface area contributed by atoms with E-state index in [0.29, 0.717) is 10.8 Å². The van der Waals surface area contributed by atoms with E-state index in [1.165, 1.54) is 19.5 Å². The van der Waals surface area contributed by atoms with Gasteiger partial charge in [0, 0.05) is 25.0 Å². The Kier molecular flexibility index (Phi) is 6.10. The molecule has 4 atom stereocenters. The van der Waals surface area contributed by atoms with Gasteiger partial charge < -0.3 is 14.0 Å². The molecule has 1 aliphatic carbocycles. The first-order chi connectivity index (χ1) is 14.6. The summed E-state index contributed by atoms with van der Waals surface area (Å²) in [4.78, 5) is 8.28. The minimum atomic E-state index is -3.66. The smallest absolute Gasteiger partial charge is 0.163 e. The van der Waals surface area contributed by atoms with E-state index >= 15 is 0 Å². The molecule has 170 valence electrons. The maximum absolute atomic E-state index is 13.3. The van der Waals surface area contributed by atoms with E-state index in [1.54, 1.807) is 6.92 Å². The van der Waals surface area contributed by atoms with Crippen LogP contribution in [-0.2, 0) is 30.6 Å². The Balaban J connectivity index is 1.62. The zero-order chi connectivity index (χ0) is 22.4. The number of halogens is 1. The average molecular weight is 470 g/mol. The molecule has 2 fully saturated rings.